The van der Waals surface area contributed by atoms with Crippen LogP contribution in [0.5, 0.6) is 0 Å². The predicted molar refractivity (Wildman–Crippen MR) is 58.4 cm³/mol. The molecule has 0 aromatic carbocycles. The van der Waals surface area contributed by atoms with Crippen molar-refractivity contribution < 1.29 is 4.74 Å². The van der Waals surface area contributed by atoms with E-state index in [1.165, 1.54) is 38.5 Å². The highest BCUT2D eigenvalue weighted by Gasteiger charge is 2.33. The molecule has 2 heteroatoms. The zero-order chi connectivity index (χ0) is 10.0. The van der Waals surface area contributed by atoms with Gasteiger partial charge in [-0.1, -0.05) is 0 Å². The predicted octanol–water partition coefficient (Wildman–Crippen LogP) is 2.48. The van der Waals surface area contributed by atoms with Gasteiger partial charge in [0.2, 0.25) is 0 Å². The fourth-order valence-electron chi connectivity index (χ4n) is 2.73. The topological polar surface area (TPSA) is 21.3 Å². The summed E-state index contributed by atoms with van der Waals surface area (Å²) >= 11 is 0. The third-order valence-corrected chi connectivity index (χ3v) is 3.69. The van der Waals surface area contributed by atoms with Crippen LogP contribution in [0.15, 0.2) is 0 Å². The third-order valence-electron chi connectivity index (χ3n) is 3.69. The lowest BCUT2D eigenvalue weighted by Gasteiger charge is -2.42. The summed E-state index contributed by atoms with van der Waals surface area (Å²) in [6.07, 6.45) is 8.34. The molecular weight excluding hydrogens is 174 g/mol. The molecule has 0 radical (unpaired) electrons. The van der Waals surface area contributed by atoms with Gasteiger partial charge in [-0.2, -0.15) is 0 Å². The van der Waals surface area contributed by atoms with E-state index < -0.39 is 0 Å². The van der Waals surface area contributed by atoms with Crippen LogP contribution in [0.25, 0.3) is 0 Å². The summed E-state index contributed by atoms with van der Waals surface area (Å²) in [6.45, 7) is 5.63. The highest BCUT2D eigenvalue weighted by atomic mass is 16.5. The molecular formula is C12H23NO. The van der Waals surface area contributed by atoms with Crippen molar-refractivity contribution in [3.63, 3.8) is 0 Å². The van der Waals surface area contributed by atoms with Crippen molar-refractivity contribution in [1.82, 2.24) is 5.32 Å². The fraction of sp³-hybridized carbons (Fsp3) is 1.00. The molecule has 1 aliphatic heterocycles. The lowest BCUT2D eigenvalue weighted by atomic mass is 9.78. The first-order valence-corrected chi connectivity index (χ1v) is 6.07. The lowest BCUT2D eigenvalue weighted by Crippen LogP contribution is -2.52. The second-order valence-electron chi connectivity index (χ2n) is 5.33. The highest BCUT2D eigenvalue weighted by Crippen LogP contribution is 2.32. The molecule has 1 aliphatic carbocycles. The van der Waals surface area contributed by atoms with Crippen molar-refractivity contribution in [2.24, 2.45) is 0 Å². The second kappa shape index (κ2) is 4.19. The Kier molecular flexibility index (Phi) is 3.13. The summed E-state index contributed by atoms with van der Waals surface area (Å²) in [5.41, 5.74) is 0.442. The van der Waals surface area contributed by atoms with E-state index in [2.05, 4.69) is 19.2 Å². The molecule has 0 amide bonds. The standard InChI is InChI=1S/C12H23NO/c1-10(9-11-5-3-8-14-11)13-12(2)6-4-7-12/h10-11,13H,3-9H2,1-2H3. The molecule has 2 fully saturated rings. The summed E-state index contributed by atoms with van der Waals surface area (Å²) in [6, 6.07) is 0.614. The molecule has 2 unspecified atom stereocenters. The van der Waals surface area contributed by atoms with Crippen LogP contribution in [-0.2, 0) is 4.74 Å². The Hall–Kier alpha value is -0.0800. The summed E-state index contributed by atoms with van der Waals surface area (Å²) in [7, 11) is 0. The maximum Gasteiger partial charge on any atom is 0.0590 e. The van der Waals surface area contributed by atoms with Crippen molar-refractivity contribution in [2.75, 3.05) is 6.61 Å². The van der Waals surface area contributed by atoms with E-state index in [-0.39, 0.29) is 0 Å². The quantitative estimate of drug-likeness (QED) is 0.747. The number of nitrogens with one attached hydrogen (secondary N) is 1. The van der Waals surface area contributed by atoms with Crippen LogP contribution < -0.4 is 5.32 Å². The van der Waals surface area contributed by atoms with Crippen LogP contribution in [0.3, 0.4) is 0 Å². The first kappa shape index (κ1) is 10.4. The van der Waals surface area contributed by atoms with Gasteiger partial charge in [0.05, 0.1) is 6.10 Å². The molecule has 1 heterocycles. The Balaban J connectivity index is 1.69. The van der Waals surface area contributed by atoms with Gasteiger partial charge in [0.1, 0.15) is 0 Å². The molecule has 0 aromatic heterocycles. The second-order valence-corrected chi connectivity index (χ2v) is 5.33. The minimum atomic E-state index is 0.442. The van der Waals surface area contributed by atoms with Gasteiger partial charge in [0.15, 0.2) is 0 Å². The Morgan fingerprint density at radius 3 is 2.71 bits per heavy atom. The van der Waals surface area contributed by atoms with Gasteiger partial charge in [0.25, 0.3) is 0 Å². The monoisotopic (exact) mass is 197 g/mol. The van der Waals surface area contributed by atoms with E-state index in [9.17, 15) is 0 Å². The van der Waals surface area contributed by atoms with Gasteiger partial charge < -0.3 is 10.1 Å². The molecule has 1 saturated carbocycles. The Bertz CT molecular complexity index is 183. The van der Waals surface area contributed by atoms with Crippen LogP contribution in [0.1, 0.15) is 52.4 Å². The molecule has 0 spiro atoms. The molecule has 0 aromatic rings. The maximum absolute atomic E-state index is 5.65. The van der Waals surface area contributed by atoms with Crippen LogP contribution >= 0.6 is 0 Å². The first-order chi connectivity index (χ1) is 6.68. The van der Waals surface area contributed by atoms with Gasteiger partial charge in [0, 0.05) is 18.2 Å². The number of hydrogen-bond acceptors (Lipinski definition) is 2. The smallest absolute Gasteiger partial charge is 0.0590 e. The number of ether oxygens (including phenoxy) is 1. The van der Waals surface area contributed by atoms with E-state index in [0.29, 0.717) is 17.7 Å². The van der Waals surface area contributed by atoms with Gasteiger partial charge in [-0.25, -0.2) is 0 Å². The third kappa shape index (κ3) is 2.48. The molecule has 82 valence electrons. The van der Waals surface area contributed by atoms with Gasteiger partial charge in [-0.3, -0.25) is 0 Å². The lowest BCUT2D eigenvalue weighted by molar-refractivity contribution is 0.0861. The van der Waals surface area contributed by atoms with Crippen molar-refractivity contribution >= 4 is 0 Å². The Morgan fingerprint density at radius 2 is 2.21 bits per heavy atom. The molecule has 2 atom stereocenters. The first-order valence-electron chi connectivity index (χ1n) is 6.07. The van der Waals surface area contributed by atoms with Crippen molar-refractivity contribution in [3.8, 4) is 0 Å². The summed E-state index contributed by atoms with van der Waals surface area (Å²) in [5, 5.41) is 3.74. The van der Waals surface area contributed by atoms with Crippen molar-refractivity contribution in [1.29, 1.82) is 0 Å². The largest absolute Gasteiger partial charge is 0.378 e. The van der Waals surface area contributed by atoms with Crippen molar-refractivity contribution in [3.05, 3.63) is 0 Å². The van der Waals surface area contributed by atoms with Gasteiger partial charge in [-0.15, -0.1) is 0 Å². The molecule has 0 bridgehead atoms. The molecule has 2 aliphatic rings. The molecule has 2 nitrogen and oxygen atoms in total. The minimum absolute atomic E-state index is 0.442. The average molecular weight is 197 g/mol. The Labute approximate surface area is 87.4 Å². The number of hydrogen-bond donors (Lipinski definition) is 1. The van der Waals surface area contributed by atoms with Crippen LogP contribution in [0.4, 0.5) is 0 Å². The average Bonchev–Trinajstić information content (AvgIpc) is 2.53. The molecule has 1 saturated heterocycles. The van der Waals surface area contributed by atoms with Crippen molar-refractivity contribution in [2.45, 2.75) is 70.1 Å². The summed E-state index contributed by atoms with van der Waals surface area (Å²) in [5.74, 6) is 0. The van der Waals surface area contributed by atoms with Crippen LogP contribution in [0.2, 0.25) is 0 Å². The SMILES string of the molecule is CC(CC1CCCO1)NC1(C)CCC1. The zero-order valence-electron chi connectivity index (χ0n) is 9.51. The fourth-order valence-corrected chi connectivity index (χ4v) is 2.73. The van der Waals surface area contributed by atoms with E-state index in [0.717, 1.165) is 6.61 Å². The molecule has 1 N–H and O–H groups in total. The van der Waals surface area contributed by atoms with E-state index in [4.69, 9.17) is 4.74 Å². The summed E-state index contributed by atoms with van der Waals surface area (Å²) in [4.78, 5) is 0. The zero-order valence-corrected chi connectivity index (χ0v) is 9.51. The van der Waals surface area contributed by atoms with E-state index in [1.807, 2.05) is 0 Å². The van der Waals surface area contributed by atoms with Crippen LogP contribution in [0, 0.1) is 0 Å². The van der Waals surface area contributed by atoms with E-state index in [1.54, 1.807) is 0 Å². The molecule has 14 heavy (non-hydrogen) atoms. The summed E-state index contributed by atoms with van der Waals surface area (Å²) < 4.78 is 5.65. The van der Waals surface area contributed by atoms with Crippen LogP contribution in [-0.4, -0.2) is 24.3 Å². The minimum Gasteiger partial charge on any atom is -0.378 e. The normalized spacial score (nSPS) is 32.6. The molecule has 2 rings (SSSR count). The van der Waals surface area contributed by atoms with Gasteiger partial charge >= 0.3 is 0 Å². The van der Waals surface area contributed by atoms with E-state index >= 15 is 0 Å². The number of rotatable bonds is 4. The van der Waals surface area contributed by atoms with Gasteiger partial charge in [-0.05, 0) is 52.4 Å². The Morgan fingerprint density at radius 1 is 1.43 bits per heavy atom. The maximum atomic E-state index is 5.65. The highest BCUT2D eigenvalue weighted by molar-refractivity contribution is 4.93.